The van der Waals surface area contributed by atoms with E-state index in [-0.39, 0.29) is 0 Å². The van der Waals surface area contributed by atoms with Gasteiger partial charge in [-0.05, 0) is 47.2 Å². The number of rotatable bonds is 6. The monoisotopic (exact) mass is 345 g/mol. The molecule has 0 saturated carbocycles. The van der Waals surface area contributed by atoms with Gasteiger partial charge in [-0.1, -0.05) is 28.1 Å². The topological polar surface area (TPSA) is 34.4 Å². The van der Waals surface area contributed by atoms with Crippen LogP contribution in [0.4, 0.5) is 0 Å². The third-order valence-corrected chi connectivity index (χ3v) is 3.69. The first-order chi connectivity index (χ1) is 10.3. The van der Waals surface area contributed by atoms with E-state index in [0.29, 0.717) is 6.61 Å². The molecule has 3 rings (SSSR count). The van der Waals surface area contributed by atoms with E-state index in [9.17, 15) is 0 Å². The van der Waals surface area contributed by atoms with Crippen molar-refractivity contribution in [1.29, 1.82) is 0 Å². The number of ether oxygens (including phenoxy) is 1. The summed E-state index contributed by atoms with van der Waals surface area (Å²) < 4.78 is 12.1. The molecule has 0 aliphatic rings. The molecule has 21 heavy (non-hydrogen) atoms. The van der Waals surface area contributed by atoms with Crippen LogP contribution in [0.25, 0.3) is 10.8 Å². The minimum Gasteiger partial charge on any atom is -0.492 e. The largest absolute Gasteiger partial charge is 0.492 e. The highest BCUT2D eigenvalue weighted by atomic mass is 79.9. The number of benzene rings is 2. The Bertz CT molecular complexity index is 710. The number of hydrogen-bond acceptors (Lipinski definition) is 3. The molecule has 0 atom stereocenters. The Labute approximate surface area is 132 Å². The van der Waals surface area contributed by atoms with Crippen LogP contribution in [-0.2, 0) is 6.54 Å². The zero-order valence-electron chi connectivity index (χ0n) is 11.5. The molecule has 1 heterocycles. The van der Waals surface area contributed by atoms with Gasteiger partial charge in [-0.3, -0.25) is 0 Å². The minimum atomic E-state index is 0.628. The van der Waals surface area contributed by atoms with Crippen LogP contribution in [0.5, 0.6) is 5.75 Å². The summed E-state index contributed by atoms with van der Waals surface area (Å²) in [5, 5.41) is 5.66. The summed E-state index contributed by atoms with van der Waals surface area (Å²) >= 11 is 3.48. The Morgan fingerprint density at radius 2 is 1.90 bits per heavy atom. The molecule has 0 aliphatic heterocycles. The molecule has 4 heteroatoms. The van der Waals surface area contributed by atoms with E-state index in [1.807, 2.05) is 24.3 Å². The SMILES string of the molecule is Brc1ccc2cc(OCCNCc3ccco3)ccc2c1. The van der Waals surface area contributed by atoms with Gasteiger partial charge >= 0.3 is 0 Å². The summed E-state index contributed by atoms with van der Waals surface area (Å²) in [7, 11) is 0. The van der Waals surface area contributed by atoms with Gasteiger partial charge in [-0.15, -0.1) is 0 Å². The van der Waals surface area contributed by atoms with Gasteiger partial charge in [0.15, 0.2) is 0 Å². The molecule has 1 N–H and O–H groups in total. The lowest BCUT2D eigenvalue weighted by Crippen LogP contribution is -2.20. The van der Waals surface area contributed by atoms with Gasteiger partial charge in [0.25, 0.3) is 0 Å². The molecule has 0 unspecified atom stereocenters. The maximum atomic E-state index is 5.76. The van der Waals surface area contributed by atoms with Gasteiger partial charge in [-0.2, -0.15) is 0 Å². The van der Waals surface area contributed by atoms with Gasteiger partial charge in [0.1, 0.15) is 18.1 Å². The Morgan fingerprint density at radius 3 is 2.76 bits per heavy atom. The molecule has 2 aromatic carbocycles. The first-order valence-electron chi connectivity index (χ1n) is 6.86. The van der Waals surface area contributed by atoms with E-state index in [0.717, 1.165) is 29.1 Å². The fourth-order valence-corrected chi connectivity index (χ4v) is 2.53. The van der Waals surface area contributed by atoms with E-state index < -0.39 is 0 Å². The lowest BCUT2D eigenvalue weighted by atomic mass is 10.1. The summed E-state index contributed by atoms with van der Waals surface area (Å²) in [6, 6.07) is 16.2. The van der Waals surface area contributed by atoms with E-state index in [2.05, 4.69) is 45.5 Å². The molecule has 1 aromatic heterocycles. The maximum absolute atomic E-state index is 5.76. The second-order valence-corrected chi connectivity index (χ2v) is 5.67. The second kappa shape index (κ2) is 6.78. The predicted molar refractivity (Wildman–Crippen MR) is 87.6 cm³/mol. The average molecular weight is 346 g/mol. The van der Waals surface area contributed by atoms with Crippen LogP contribution >= 0.6 is 15.9 Å². The second-order valence-electron chi connectivity index (χ2n) is 4.76. The van der Waals surface area contributed by atoms with Gasteiger partial charge in [0.2, 0.25) is 0 Å². The van der Waals surface area contributed by atoms with Crippen molar-refractivity contribution in [2.24, 2.45) is 0 Å². The quantitative estimate of drug-likeness (QED) is 0.674. The normalized spacial score (nSPS) is 10.9. The van der Waals surface area contributed by atoms with Crippen LogP contribution in [-0.4, -0.2) is 13.2 Å². The highest BCUT2D eigenvalue weighted by Crippen LogP contribution is 2.23. The lowest BCUT2D eigenvalue weighted by Gasteiger charge is -2.08. The fourth-order valence-electron chi connectivity index (χ4n) is 2.15. The van der Waals surface area contributed by atoms with Crippen molar-refractivity contribution in [3.63, 3.8) is 0 Å². The van der Waals surface area contributed by atoms with Gasteiger partial charge in [0, 0.05) is 11.0 Å². The third-order valence-electron chi connectivity index (χ3n) is 3.20. The first kappa shape index (κ1) is 14.2. The van der Waals surface area contributed by atoms with Crippen LogP contribution in [0, 0.1) is 0 Å². The van der Waals surface area contributed by atoms with Crippen molar-refractivity contribution in [2.75, 3.05) is 13.2 Å². The van der Waals surface area contributed by atoms with Crippen molar-refractivity contribution in [1.82, 2.24) is 5.32 Å². The highest BCUT2D eigenvalue weighted by molar-refractivity contribution is 9.10. The summed E-state index contributed by atoms with van der Waals surface area (Å²) in [6.45, 7) is 2.13. The molecule has 0 spiro atoms. The van der Waals surface area contributed by atoms with E-state index >= 15 is 0 Å². The predicted octanol–water partition coefficient (Wildman–Crippen LogP) is 4.36. The maximum Gasteiger partial charge on any atom is 0.120 e. The Hall–Kier alpha value is -1.78. The van der Waals surface area contributed by atoms with Crippen molar-refractivity contribution < 1.29 is 9.15 Å². The summed E-state index contributed by atoms with van der Waals surface area (Å²) in [5.74, 6) is 1.83. The number of fused-ring (bicyclic) bond motifs is 1. The zero-order chi connectivity index (χ0) is 14.5. The van der Waals surface area contributed by atoms with Crippen LogP contribution < -0.4 is 10.1 Å². The molecule has 0 bridgehead atoms. The number of furan rings is 1. The average Bonchev–Trinajstić information content (AvgIpc) is 3.00. The van der Waals surface area contributed by atoms with Crippen molar-refractivity contribution in [3.05, 3.63) is 65.0 Å². The van der Waals surface area contributed by atoms with E-state index in [4.69, 9.17) is 9.15 Å². The van der Waals surface area contributed by atoms with Gasteiger partial charge in [-0.25, -0.2) is 0 Å². The molecular formula is C17H16BrNO2. The van der Waals surface area contributed by atoms with Crippen molar-refractivity contribution in [2.45, 2.75) is 6.54 Å². The summed E-state index contributed by atoms with van der Waals surface area (Å²) in [4.78, 5) is 0. The molecule has 3 nitrogen and oxygen atoms in total. The Kier molecular flexibility index (Phi) is 4.58. The molecule has 0 radical (unpaired) electrons. The van der Waals surface area contributed by atoms with Gasteiger partial charge in [0.05, 0.1) is 12.8 Å². The Balaban J connectivity index is 1.50. The zero-order valence-corrected chi connectivity index (χ0v) is 13.1. The molecule has 0 aliphatic carbocycles. The van der Waals surface area contributed by atoms with Crippen LogP contribution in [0.3, 0.4) is 0 Å². The summed E-state index contributed by atoms with van der Waals surface area (Å²) in [5.41, 5.74) is 0. The highest BCUT2D eigenvalue weighted by Gasteiger charge is 1.99. The van der Waals surface area contributed by atoms with Crippen molar-refractivity contribution in [3.8, 4) is 5.75 Å². The first-order valence-corrected chi connectivity index (χ1v) is 7.66. The van der Waals surface area contributed by atoms with Crippen LogP contribution in [0.15, 0.2) is 63.7 Å². The van der Waals surface area contributed by atoms with Crippen LogP contribution in [0.1, 0.15) is 5.76 Å². The van der Waals surface area contributed by atoms with Crippen molar-refractivity contribution >= 4 is 26.7 Å². The molecule has 3 aromatic rings. The fraction of sp³-hybridized carbons (Fsp3) is 0.176. The summed E-state index contributed by atoms with van der Waals surface area (Å²) in [6.07, 6.45) is 1.68. The molecule has 0 saturated heterocycles. The minimum absolute atomic E-state index is 0.628. The van der Waals surface area contributed by atoms with Crippen LogP contribution in [0.2, 0.25) is 0 Å². The van der Waals surface area contributed by atoms with E-state index in [1.54, 1.807) is 6.26 Å². The standard InChI is InChI=1S/C17H16BrNO2/c18-15-5-3-14-11-16(6-4-13(14)10-15)21-9-7-19-12-17-2-1-8-20-17/h1-6,8,10-11,19H,7,9,12H2. The lowest BCUT2D eigenvalue weighted by molar-refractivity contribution is 0.311. The molecular weight excluding hydrogens is 330 g/mol. The molecule has 0 amide bonds. The smallest absolute Gasteiger partial charge is 0.120 e. The molecule has 108 valence electrons. The Morgan fingerprint density at radius 1 is 1.05 bits per heavy atom. The number of nitrogens with one attached hydrogen (secondary N) is 1. The third kappa shape index (κ3) is 3.86. The number of hydrogen-bond donors (Lipinski definition) is 1. The van der Waals surface area contributed by atoms with Gasteiger partial charge < -0.3 is 14.5 Å². The molecule has 0 fully saturated rings. The number of halogens is 1. The van der Waals surface area contributed by atoms with E-state index in [1.165, 1.54) is 10.8 Å².